The summed E-state index contributed by atoms with van der Waals surface area (Å²) in [4.78, 5) is 47.9. The lowest BCUT2D eigenvalue weighted by Gasteiger charge is -2.60. The molecule has 0 saturated heterocycles. The van der Waals surface area contributed by atoms with Crippen molar-refractivity contribution in [3.63, 3.8) is 0 Å². The van der Waals surface area contributed by atoms with Crippen LogP contribution in [0.2, 0.25) is 0 Å². The van der Waals surface area contributed by atoms with Crippen LogP contribution in [-0.2, 0) is 23.9 Å². The molecule has 8 heteroatoms. The van der Waals surface area contributed by atoms with Crippen LogP contribution in [0.5, 0.6) is 0 Å². The van der Waals surface area contributed by atoms with Crippen LogP contribution in [0.4, 0.5) is 0 Å². The monoisotopic (exact) mass is 488 g/mol. The zero-order chi connectivity index (χ0) is 25.8. The molecule has 3 N–H and O–H groups in total. The molecule has 4 aliphatic rings. The number of Topliss-reactive ketones (excluding diaryl/α,β-unsaturated/α-hetero) is 1. The molecule has 0 bridgehead atoms. The number of ether oxygens (including phenoxy) is 1. The molecule has 0 aliphatic heterocycles. The van der Waals surface area contributed by atoms with Crippen molar-refractivity contribution in [2.75, 3.05) is 6.61 Å². The highest BCUT2D eigenvalue weighted by Crippen LogP contribution is 2.67. The topological polar surface area (TPSA) is 138 Å². The zero-order valence-electron chi connectivity index (χ0n) is 20.7. The first-order chi connectivity index (χ1) is 16.3. The third kappa shape index (κ3) is 4.08. The van der Waals surface area contributed by atoms with Crippen LogP contribution in [0, 0.1) is 34.5 Å². The van der Waals surface area contributed by atoms with Crippen LogP contribution < -0.4 is 0 Å². The number of fused-ring (bicyclic) bond motifs is 5. The van der Waals surface area contributed by atoms with Gasteiger partial charge in [0.05, 0.1) is 6.10 Å². The predicted molar refractivity (Wildman–Crippen MR) is 125 cm³/mol. The Kier molecular flexibility index (Phi) is 6.60. The molecule has 8 atom stereocenters. The van der Waals surface area contributed by atoms with Crippen molar-refractivity contribution >= 4 is 23.5 Å². The van der Waals surface area contributed by atoms with E-state index < -0.39 is 46.9 Å². The molecule has 0 aromatic heterocycles. The number of aliphatic hydroxyl groups is 2. The van der Waals surface area contributed by atoms with Gasteiger partial charge in [-0.05, 0) is 62.0 Å². The minimum absolute atomic E-state index is 0.00275. The number of allylic oxidation sites excluding steroid dienone is 4. The fraction of sp³-hybridized carbons (Fsp3) is 0.704. The first-order valence-electron chi connectivity index (χ1n) is 12.6. The molecular formula is C27H36O8. The fourth-order valence-corrected chi connectivity index (χ4v) is 7.93. The Morgan fingerprint density at radius 2 is 1.91 bits per heavy atom. The Bertz CT molecular complexity index is 997. The van der Waals surface area contributed by atoms with Gasteiger partial charge in [-0.2, -0.15) is 0 Å². The molecule has 3 saturated carbocycles. The first-order valence-corrected chi connectivity index (χ1v) is 12.6. The molecule has 35 heavy (non-hydrogen) atoms. The number of esters is 1. The van der Waals surface area contributed by atoms with Crippen molar-refractivity contribution in [2.45, 2.75) is 77.4 Å². The first kappa shape index (κ1) is 25.8. The van der Waals surface area contributed by atoms with Gasteiger partial charge in [0, 0.05) is 29.6 Å². The van der Waals surface area contributed by atoms with E-state index in [1.54, 1.807) is 12.2 Å². The van der Waals surface area contributed by atoms with E-state index in [9.17, 15) is 29.4 Å². The second-order valence-corrected chi connectivity index (χ2v) is 11.5. The highest BCUT2D eigenvalue weighted by Gasteiger charge is 2.68. The van der Waals surface area contributed by atoms with Crippen LogP contribution in [0.3, 0.4) is 0 Å². The largest absolute Gasteiger partial charge is 0.481 e. The average molecular weight is 489 g/mol. The Balaban J connectivity index is 1.52. The van der Waals surface area contributed by atoms with Gasteiger partial charge in [0.15, 0.2) is 12.4 Å². The second-order valence-electron chi connectivity index (χ2n) is 11.5. The minimum Gasteiger partial charge on any atom is -0.481 e. The number of carbonyl (C=O) groups excluding carboxylic acids is 3. The summed E-state index contributed by atoms with van der Waals surface area (Å²) in [5.41, 5.74) is -1.99. The molecule has 4 aliphatic carbocycles. The van der Waals surface area contributed by atoms with Gasteiger partial charge in [-0.3, -0.25) is 19.2 Å². The number of carbonyl (C=O) groups is 4. The van der Waals surface area contributed by atoms with E-state index >= 15 is 0 Å². The van der Waals surface area contributed by atoms with E-state index in [-0.39, 0.29) is 61.6 Å². The third-order valence-corrected chi connectivity index (χ3v) is 9.57. The highest BCUT2D eigenvalue weighted by molar-refractivity contribution is 6.01. The van der Waals surface area contributed by atoms with Crippen LogP contribution in [-0.4, -0.2) is 57.1 Å². The number of ketones is 2. The third-order valence-electron chi connectivity index (χ3n) is 9.57. The molecule has 3 fully saturated rings. The predicted octanol–water partition coefficient (Wildman–Crippen LogP) is 2.61. The Morgan fingerprint density at radius 1 is 1.20 bits per heavy atom. The minimum atomic E-state index is -1.72. The normalized spacial score (nSPS) is 41.9. The maximum absolute atomic E-state index is 13.2. The van der Waals surface area contributed by atoms with Crippen molar-refractivity contribution in [1.29, 1.82) is 0 Å². The number of rotatable bonds is 7. The van der Waals surface area contributed by atoms with Crippen LogP contribution >= 0.6 is 0 Å². The quantitative estimate of drug-likeness (QED) is 0.465. The van der Waals surface area contributed by atoms with Gasteiger partial charge in [0.1, 0.15) is 5.60 Å². The maximum Gasteiger partial charge on any atom is 0.306 e. The maximum atomic E-state index is 13.2. The standard InChI is InChI=1S/C27H36O8/c1-15-11-17-18-8-10-27(34,21(30)14-35-23(33)6-4-5-22(31)32)26(18,3)13-20(29)24(17)25(2)9-7-16(28)12-19(15)25/h7,9,12,15,17-18,20,24,29,34H,4-6,8,10-11,13-14H2,1-3H3,(H,31,32)/t15?,17-,18-,20-,24+,25-,26-,27-/m0/s1. The van der Waals surface area contributed by atoms with Crippen molar-refractivity contribution in [3.05, 3.63) is 23.8 Å². The molecule has 0 heterocycles. The van der Waals surface area contributed by atoms with Crippen molar-refractivity contribution in [1.82, 2.24) is 0 Å². The summed E-state index contributed by atoms with van der Waals surface area (Å²) in [6.45, 7) is 5.48. The molecule has 0 radical (unpaired) electrons. The smallest absolute Gasteiger partial charge is 0.306 e. The van der Waals surface area contributed by atoms with Crippen LogP contribution in [0.1, 0.15) is 65.7 Å². The average Bonchev–Trinajstić information content (AvgIpc) is 3.04. The van der Waals surface area contributed by atoms with Gasteiger partial charge in [-0.25, -0.2) is 0 Å². The Labute approximate surface area is 205 Å². The van der Waals surface area contributed by atoms with E-state index in [1.807, 2.05) is 13.0 Å². The SMILES string of the molecule is CC1C[C@@H]2[C@H]([C@@H](O)C[C@@]3(C)[C@H]2CC[C@]3(O)C(=O)COC(=O)CCCC(=O)O)[C@@]2(C)C=CC(=O)C=C12. The molecule has 1 unspecified atom stereocenters. The summed E-state index contributed by atoms with van der Waals surface area (Å²) in [6, 6.07) is 0. The van der Waals surface area contributed by atoms with Crippen LogP contribution in [0.15, 0.2) is 23.8 Å². The van der Waals surface area contributed by atoms with E-state index in [4.69, 9.17) is 9.84 Å². The van der Waals surface area contributed by atoms with E-state index in [0.717, 1.165) is 12.0 Å². The number of carboxylic acids is 1. The number of aliphatic carboxylic acids is 1. The lowest BCUT2D eigenvalue weighted by molar-refractivity contribution is -0.182. The second kappa shape index (κ2) is 8.96. The molecule has 0 aromatic rings. The molecule has 192 valence electrons. The van der Waals surface area contributed by atoms with Gasteiger partial charge in [-0.1, -0.05) is 32.4 Å². The summed E-state index contributed by atoms with van der Waals surface area (Å²) >= 11 is 0. The lowest BCUT2D eigenvalue weighted by atomic mass is 9.45. The molecule has 0 amide bonds. The van der Waals surface area contributed by atoms with Crippen molar-refractivity contribution in [2.24, 2.45) is 34.5 Å². The highest BCUT2D eigenvalue weighted by atomic mass is 16.5. The van der Waals surface area contributed by atoms with E-state index in [1.165, 1.54) is 0 Å². The Hall–Kier alpha value is -2.32. The van der Waals surface area contributed by atoms with E-state index in [2.05, 4.69) is 13.8 Å². The van der Waals surface area contributed by atoms with Crippen molar-refractivity contribution in [3.8, 4) is 0 Å². The number of aliphatic hydroxyl groups excluding tert-OH is 1. The fourth-order valence-electron chi connectivity index (χ4n) is 7.93. The summed E-state index contributed by atoms with van der Waals surface area (Å²) in [5, 5.41) is 31.8. The molecule has 8 nitrogen and oxygen atoms in total. The summed E-state index contributed by atoms with van der Waals surface area (Å²) in [6.07, 6.45) is 6.18. The van der Waals surface area contributed by atoms with Gasteiger partial charge >= 0.3 is 11.9 Å². The molecular weight excluding hydrogens is 452 g/mol. The summed E-state index contributed by atoms with van der Waals surface area (Å²) in [7, 11) is 0. The zero-order valence-corrected chi connectivity index (χ0v) is 20.7. The van der Waals surface area contributed by atoms with Crippen LogP contribution in [0.25, 0.3) is 0 Å². The van der Waals surface area contributed by atoms with Gasteiger partial charge in [0.2, 0.25) is 5.78 Å². The van der Waals surface area contributed by atoms with E-state index in [0.29, 0.717) is 6.42 Å². The summed E-state index contributed by atoms with van der Waals surface area (Å²) < 4.78 is 5.08. The molecule has 4 rings (SSSR count). The van der Waals surface area contributed by atoms with Gasteiger partial charge < -0.3 is 20.1 Å². The molecule has 0 aromatic carbocycles. The van der Waals surface area contributed by atoms with Gasteiger partial charge in [0.25, 0.3) is 0 Å². The van der Waals surface area contributed by atoms with Gasteiger partial charge in [-0.15, -0.1) is 0 Å². The summed E-state index contributed by atoms with van der Waals surface area (Å²) in [5.74, 6) is -2.18. The number of hydrogen-bond acceptors (Lipinski definition) is 7. The number of hydrogen-bond donors (Lipinski definition) is 3. The van der Waals surface area contributed by atoms with Crippen molar-refractivity contribution < 1.29 is 39.2 Å². The Morgan fingerprint density at radius 3 is 2.60 bits per heavy atom. The molecule has 0 spiro atoms. The number of carboxylic acid groups (broad SMARTS) is 1. The lowest BCUT2D eigenvalue weighted by Crippen LogP contribution is -2.62.